The monoisotopic (exact) mass is 347 g/mol. The first-order valence-electron chi connectivity index (χ1n) is 8.86. The fourth-order valence-corrected chi connectivity index (χ4v) is 3.64. The zero-order valence-electron chi connectivity index (χ0n) is 14.7. The molecule has 0 saturated carbocycles. The fraction of sp³-hybridized carbons (Fsp3) is 0.611. The van der Waals surface area contributed by atoms with Gasteiger partial charge in [0.15, 0.2) is 0 Å². The van der Waals surface area contributed by atoms with E-state index in [9.17, 15) is 14.9 Å². The van der Waals surface area contributed by atoms with Gasteiger partial charge in [0.25, 0.3) is 5.69 Å². The molecular weight excluding hydrogens is 322 g/mol. The van der Waals surface area contributed by atoms with Gasteiger partial charge in [-0.1, -0.05) is 13.8 Å². The number of nitrogens with one attached hydrogen (secondary N) is 1. The predicted octanol–water partition coefficient (Wildman–Crippen LogP) is 2.13. The number of rotatable bonds is 5. The second-order valence-electron chi connectivity index (χ2n) is 7.19. The third kappa shape index (κ3) is 3.76. The fourth-order valence-electron chi connectivity index (χ4n) is 3.64. The minimum atomic E-state index is -0.386. The van der Waals surface area contributed by atoms with Gasteiger partial charge in [0.1, 0.15) is 0 Å². The lowest BCUT2D eigenvalue weighted by Crippen LogP contribution is -2.56. The van der Waals surface area contributed by atoms with Crippen LogP contribution in [-0.2, 0) is 16.0 Å². The first-order chi connectivity index (χ1) is 12.0. The smallest absolute Gasteiger partial charge is 0.269 e. The van der Waals surface area contributed by atoms with Crippen LogP contribution < -0.4 is 10.2 Å². The van der Waals surface area contributed by atoms with Gasteiger partial charge in [-0.25, -0.2) is 0 Å². The van der Waals surface area contributed by atoms with Gasteiger partial charge < -0.3 is 15.0 Å². The largest absolute Gasteiger partial charge is 0.377 e. The van der Waals surface area contributed by atoms with E-state index in [2.05, 4.69) is 24.1 Å². The maximum absolute atomic E-state index is 12.7. The maximum Gasteiger partial charge on any atom is 0.269 e. The highest BCUT2D eigenvalue weighted by Crippen LogP contribution is 2.37. The molecule has 25 heavy (non-hydrogen) atoms. The van der Waals surface area contributed by atoms with Crippen molar-refractivity contribution in [3.05, 3.63) is 33.9 Å². The van der Waals surface area contributed by atoms with E-state index in [1.165, 1.54) is 6.07 Å². The van der Waals surface area contributed by atoms with Crippen LogP contribution in [0.5, 0.6) is 0 Å². The summed E-state index contributed by atoms with van der Waals surface area (Å²) in [5.41, 5.74) is 1.94. The summed E-state index contributed by atoms with van der Waals surface area (Å²) in [7, 11) is 0. The Kier molecular flexibility index (Phi) is 5.22. The van der Waals surface area contributed by atoms with E-state index in [0.717, 1.165) is 17.7 Å². The summed E-state index contributed by atoms with van der Waals surface area (Å²) in [5, 5.41) is 14.1. The number of amides is 1. The highest BCUT2D eigenvalue weighted by atomic mass is 16.6. The molecule has 2 atom stereocenters. The minimum absolute atomic E-state index is 0.0123. The number of ether oxygens (including phenoxy) is 1. The summed E-state index contributed by atoms with van der Waals surface area (Å²) in [6, 6.07) is 4.93. The van der Waals surface area contributed by atoms with Gasteiger partial charge in [-0.2, -0.15) is 0 Å². The number of hydrogen-bond acceptors (Lipinski definition) is 5. The molecule has 0 radical (unpaired) electrons. The molecule has 1 fully saturated rings. The summed E-state index contributed by atoms with van der Waals surface area (Å²) >= 11 is 0. The van der Waals surface area contributed by atoms with Gasteiger partial charge >= 0.3 is 0 Å². The number of nitro benzene ring substituents is 1. The SMILES string of the molecule is CC(C)CCNC(=O)C1Cc2cc([N+](=O)[O-])ccc2N2CCOCC12. The number of fused-ring (bicyclic) bond motifs is 3. The van der Waals surface area contributed by atoms with Crippen molar-refractivity contribution < 1.29 is 14.5 Å². The Hall–Kier alpha value is -2.15. The number of nitrogens with zero attached hydrogens (tertiary/aromatic N) is 2. The van der Waals surface area contributed by atoms with Crippen LogP contribution in [0.15, 0.2) is 18.2 Å². The summed E-state index contributed by atoms with van der Waals surface area (Å²) in [4.78, 5) is 25.6. The first kappa shape index (κ1) is 17.7. The number of anilines is 1. The van der Waals surface area contributed by atoms with Crippen LogP contribution in [0.1, 0.15) is 25.8 Å². The Balaban J connectivity index is 1.83. The van der Waals surface area contributed by atoms with Crippen LogP contribution in [0.25, 0.3) is 0 Å². The molecule has 1 saturated heterocycles. The van der Waals surface area contributed by atoms with Gasteiger partial charge in [-0.3, -0.25) is 14.9 Å². The summed E-state index contributed by atoms with van der Waals surface area (Å²) < 4.78 is 5.61. The molecule has 2 aliphatic rings. The van der Waals surface area contributed by atoms with Crippen LogP contribution in [0, 0.1) is 22.0 Å². The summed E-state index contributed by atoms with van der Waals surface area (Å²) in [5.74, 6) is 0.296. The molecule has 0 aliphatic carbocycles. The molecule has 1 aromatic rings. The maximum atomic E-state index is 12.7. The topological polar surface area (TPSA) is 84.7 Å². The van der Waals surface area contributed by atoms with Crippen LogP contribution in [-0.4, -0.2) is 43.2 Å². The van der Waals surface area contributed by atoms with E-state index in [4.69, 9.17) is 4.74 Å². The number of carbonyl (C=O) groups is 1. The molecule has 1 aromatic carbocycles. The molecule has 2 aliphatic heterocycles. The van der Waals surface area contributed by atoms with E-state index in [1.807, 2.05) is 0 Å². The molecule has 136 valence electrons. The van der Waals surface area contributed by atoms with Gasteiger partial charge in [0.05, 0.1) is 30.1 Å². The van der Waals surface area contributed by atoms with E-state index in [0.29, 0.717) is 38.6 Å². The summed E-state index contributed by atoms with van der Waals surface area (Å²) in [6.45, 7) is 6.72. The molecule has 7 heteroatoms. The molecule has 1 N–H and O–H groups in total. The Morgan fingerprint density at radius 3 is 3.00 bits per heavy atom. The van der Waals surface area contributed by atoms with Crippen molar-refractivity contribution in [3.63, 3.8) is 0 Å². The third-order valence-electron chi connectivity index (χ3n) is 5.01. The Labute approximate surface area is 147 Å². The van der Waals surface area contributed by atoms with Crippen LogP contribution in [0.3, 0.4) is 0 Å². The van der Waals surface area contributed by atoms with Gasteiger partial charge in [0, 0.05) is 30.9 Å². The van der Waals surface area contributed by atoms with Gasteiger partial charge in [-0.05, 0) is 30.4 Å². The third-order valence-corrected chi connectivity index (χ3v) is 5.01. The molecule has 0 bridgehead atoms. The van der Waals surface area contributed by atoms with Gasteiger partial charge in [-0.15, -0.1) is 0 Å². The molecule has 1 amide bonds. The molecule has 0 aromatic heterocycles. The first-order valence-corrected chi connectivity index (χ1v) is 8.86. The second kappa shape index (κ2) is 7.39. The zero-order valence-corrected chi connectivity index (χ0v) is 14.7. The van der Waals surface area contributed by atoms with Crippen LogP contribution in [0.4, 0.5) is 11.4 Å². The van der Waals surface area contributed by atoms with Crippen molar-refractivity contribution >= 4 is 17.3 Å². The Bertz CT molecular complexity index is 662. The molecule has 7 nitrogen and oxygen atoms in total. The quantitative estimate of drug-likeness (QED) is 0.651. The highest BCUT2D eigenvalue weighted by molar-refractivity contribution is 5.82. The number of morpholine rings is 1. The van der Waals surface area contributed by atoms with Crippen molar-refractivity contribution in [2.45, 2.75) is 32.7 Å². The van der Waals surface area contributed by atoms with E-state index in [-0.39, 0.29) is 28.5 Å². The predicted molar refractivity (Wildman–Crippen MR) is 94.7 cm³/mol. The molecular formula is C18H25N3O4. The summed E-state index contributed by atoms with van der Waals surface area (Å²) in [6.07, 6.45) is 1.44. The highest BCUT2D eigenvalue weighted by Gasteiger charge is 2.40. The number of benzene rings is 1. The number of non-ortho nitro benzene ring substituents is 1. The van der Waals surface area contributed by atoms with Crippen molar-refractivity contribution in [3.8, 4) is 0 Å². The average Bonchev–Trinajstić information content (AvgIpc) is 2.60. The number of carbonyl (C=O) groups excluding carboxylic acids is 1. The van der Waals surface area contributed by atoms with Crippen molar-refractivity contribution in [2.24, 2.45) is 11.8 Å². The van der Waals surface area contributed by atoms with Crippen LogP contribution in [0.2, 0.25) is 0 Å². The van der Waals surface area contributed by atoms with E-state index < -0.39 is 0 Å². The Morgan fingerprint density at radius 1 is 1.48 bits per heavy atom. The second-order valence-corrected chi connectivity index (χ2v) is 7.19. The van der Waals surface area contributed by atoms with E-state index in [1.54, 1.807) is 12.1 Å². The normalized spacial score (nSPS) is 22.3. The molecule has 2 unspecified atom stereocenters. The zero-order chi connectivity index (χ0) is 18.0. The van der Waals surface area contributed by atoms with Crippen molar-refractivity contribution in [1.29, 1.82) is 0 Å². The lowest BCUT2D eigenvalue weighted by molar-refractivity contribution is -0.384. The van der Waals surface area contributed by atoms with Crippen molar-refractivity contribution in [2.75, 3.05) is 31.2 Å². The average molecular weight is 347 g/mol. The van der Waals surface area contributed by atoms with Crippen LogP contribution >= 0.6 is 0 Å². The molecule has 3 rings (SSSR count). The number of nitro groups is 1. The van der Waals surface area contributed by atoms with E-state index >= 15 is 0 Å². The molecule has 2 heterocycles. The molecule has 0 spiro atoms. The standard InChI is InChI=1S/C18H25N3O4/c1-12(2)5-6-19-18(22)15-10-13-9-14(21(23)24)3-4-16(13)20-7-8-25-11-17(15)20/h3-4,9,12,15,17H,5-8,10-11H2,1-2H3,(H,19,22). The van der Waals surface area contributed by atoms with Gasteiger partial charge in [0.2, 0.25) is 5.91 Å². The lowest BCUT2D eigenvalue weighted by atomic mass is 9.84. The minimum Gasteiger partial charge on any atom is -0.377 e. The lowest BCUT2D eigenvalue weighted by Gasteiger charge is -2.45. The Morgan fingerprint density at radius 2 is 2.28 bits per heavy atom. The number of hydrogen-bond donors (Lipinski definition) is 1. The van der Waals surface area contributed by atoms with Crippen molar-refractivity contribution in [1.82, 2.24) is 5.32 Å².